The standard InChI is InChI=1S/C19H23N/c1-13-6-3-11-18(14(13)2)19(20)17-10-5-9-16(12-17)15-7-4-8-15/h3,5-6,9-12,15,19H,4,7-8,20H2,1-2H3. The highest BCUT2D eigenvalue weighted by molar-refractivity contribution is 5.41. The summed E-state index contributed by atoms with van der Waals surface area (Å²) in [6, 6.07) is 15.3. The van der Waals surface area contributed by atoms with E-state index in [1.54, 1.807) is 0 Å². The average Bonchev–Trinajstić information content (AvgIpc) is 2.40. The second-order valence-corrected chi connectivity index (χ2v) is 6.06. The lowest BCUT2D eigenvalue weighted by Gasteiger charge is -2.27. The third-order valence-corrected chi connectivity index (χ3v) is 4.83. The lowest BCUT2D eigenvalue weighted by atomic mass is 9.79. The van der Waals surface area contributed by atoms with Crippen LogP contribution in [-0.4, -0.2) is 0 Å². The Morgan fingerprint density at radius 3 is 2.50 bits per heavy atom. The largest absolute Gasteiger partial charge is 0.320 e. The third kappa shape index (κ3) is 2.38. The Balaban J connectivity index is 1.93. The fourth-order valence-corrected chi connectivity index (χ4v) is 3.04. The molecule has 0 bridgehead atoms. The summed E-state index contributed by atoms with van der Waals surface area (Å²) in [6.07, 6.45) is 4.04. The molecule has 1 nitrogen and oxygen atoms in total. The molecule has 0 heterocycles. The van der Waals surface area contributed by atoms with E-state index < -0.39 is 0 Å². The molecule has 0 spiro atoms. The Hall–Kier alpha value is -1.60. The van der Waals surface area contributed by atoms with Gasteiger partial charge in [0, 0.05) is 0 Å². The van der Waals surface area contributed by atoms with Crippen molar-refractivity contribution >= 4 is 0 Å². The van der Waals surface area contributed by atoms with Gasteiger partial charge in [-0.1, -0.05) is 48.9 Å². The molecular weight excluding hydrogens is 242 g/mol. The van der Waals surface area contributed by atoms with Crippen LogP contribution in [0.3, 0.4) is 0 Å². The van der Waals surface area contributed by atoms with Crippen LogP contribution in [0.25, 0.3) is 0 Å². The number of aryl methyl sites for hydroxylation is 1. The van der Waals surface area contributed by atoms with Crippen LogP contribution in [-0.2, 0) is 0 Å². The van der Waals surface area contributed by atoms with Gasteiger partial charge in [-0.25, -0.2) is 0 Å². The number of nitrogens with two attached hydrogens (primary N) is 1. The normalized spacial score (nSPS) is 16.8. The van der Waals surface area contributed by atoms with E-state index in [1.807, 2.05) is 0 Å². The highest BCUT2D eigenvalue weighted by Crippen LogP contribution is 2.37. The summed E-state index contributed by atoms with van der Waals surface area (Å²) in [5.41, 5.74) is 13.1. The van der Waals surface area contributed by atoms with Crippen molar-refractivity contribution < 1.29 is 0 Å². The fraction of sp³-hybridized carbons (Fsp3) is 0.368. The molecule has 104 valence electrons. The lowest BCUT2D eigenvalue weighted by Crippen LogP contribution is -2.15. The van der Waals surface area contributed by atoms with Gasteiger partial charge in [0.05, 0.1) is 6.04 Å². The molecule has 0 aliphatic heterocycles. The van der Waals surface area contributed by atoms with Gasteiger partial charge in [-0.2, -0.15) is 0 Å². The van der Waals surface area contributed by atoms with Crippen molar-refractivity contribution in [3.05, 3.63) is 70.3 Å². The molecule has 0 amide bonds. The van der Waals surface area contributed by atoms with E-state index in [4.69, 9.17) is 5.73 Å². The molecule has 0 radical (unpaired) electrons. The Morgan fingerprint density at radius 1 is 1.05 bits per heavy atom. The maximum absolute atomic E-state index is 6.51. The first-order valence-corrected chi connectivity index (χ1v) is 7.58. The highest BCUT2D eigenvalue weighted by Gasteiger charge is 2.20. The molecular formula is C19H23N. The molecule has 3 rings (SSSR count). The molecule has 0 aromatic heterocycles. The van der Waals surface area contributed by atoms with Crippen molar-refractivity contribution in [2.24, 2.45) is 5.73 Å². The van der Waals surface area contributed by atoms with E-state index in [1.165, 1.54) is 47.1 Å². The summed E-state index contributed by atoms with van der Waals surface area (Å²) in [7, 11) is 0. The first-order valence-electron chi connectivity index (χ1n) is 7.58. The number of hydrogen-bond donors (Lipinski definition) is 1. The monoisotopic (exact) mass is 265 g/mol. The molecule has 1 saturated carbocycles. The molecule has 0 saturated heterocycles. The van der Waals surface area contributed by atoms with E-state index in [-0.39, 0.29) is 6.04 Å². The van der Waals surface area contributed by atoms with Crippen molar-refractivity contribution in [1.82, 2.24) is 0 Å². The minimum Gasteiger partial charge on any atom is -0.320 e. The van der Waals surface area contributed by atoms with E-state index >= 15 is 0 Å². The van der Waals surface area contributed by atoms with Crippen molar-refractivity contribution in [1.29, 1.82) is 0 Å². The summed E-state index contributed by atoms with van der Waals surface area (Å²) in [5, 5.41) is 0. The maximum atomic E-state index is 6.51. The number of benzene rings is 2. The first-order chi connectivity index (χ1) is 9.66. The summed E-state index contributed by atoms with van der Waals surface area (Å²) in [4.78, 5) is 0. The Kier molecular flexibility index (Phi) is 3.62. The van der Waals surface area contributed by atoms with E-state index in [2.05, 4.69) is 56.3 Å². The third-order valence-electron chi connectivity index (χ3n) is 4.83. The molecule has 1 aliphatic carbocycles. The quantitative estimate of drug-likeness (QED) is 0.861. The molecule has 1 atom stereocenters. The van der Waals surface area contributed by atoms with Gasteiger partial charge in [-0.3, -0.25) is 0 Å². The zero-order chi connectivity index (χ0) is 14.1. The van der Waals surface area contributed by atoms with Crippen molar-refractivity contribution in [2.45, 2.75) is 45.1 Å². The molecule has 2 N–H and O–H groups in total. The van der Waals surface area contributed by atoms with Crippen LogP contribution in [0, 0.1) is 13.8 Å². The predicted molar refractivity (Wildman–Crippen MR) is 85.0 cm³/mol. The van der Waals surface area contributed by atoms with Crippen molar-refractivity contribution in [2.75, 3.05) is 0 Å². The van der Waals surface area contributed by atoms with Gasteiger partial charge >= 0.3 is 0 Å². The Bertz CT molecular complexity index is 611. The molecule has 1 fully saturated rings. The molecule has 20 heavy (non-hydrogen) atoms. The van der Waals surface area contributed by atoms with Gasteiger partial charge in [0.25, 0.3) is 0 Å². The minimum atomic E-state index is -0.0186. The van der Waals surface area contributed by atoms with Crippen LogP contribution >= 0.6 is 0 Å². The van der Waals surface area contributed by atoms with Crippen LogP contribution in [0.2, 0.25) is 0 Å². The second-order valence-electron chi connectivity index (χ2n) is 6.06. The predicted octanol–water partition coefficient (Wildman–Crippen LogP) is 4.62. The van der Waals surface area contributed by atoms with Crippen molar-refractivity contribution in [3.63, 3.8) is 0 Å². The van der Waals surface area contributed by atoms with Gasteiger partial charge < -0.3 is 5.73 Å². The topological polar surface area (TPSA) is 26.0 Å². The van der Waals surface area contributed by atoms with E-state index in [0.29, 0.717) is 0 Å². The summed E-state index contributed by atoms with van der Waals surface area (Å²) in [6.45, 7) is 4.32. The van der Waals surface area contributed by atoms with Gasteiger partial charge in [-0.05, 0) is 60.4 Å². The van der Waals surface area contributed by atoms with Gasteiger partial charge in [0.15, 0.2) is 0 Å². The SMILES string of the molecule is Cc1cccc(C(N)c2cccc(C3CCC3)c2)c1C. The van der Waals surface area contributed by atoms with Gasteiger partial charge in [0.1, 0.15) is 0 Å². The number of rotatable bonds is 3. The fourth-order valence-electron chi connectivity index (χ4n) is 3.04. The van der Waals surface area contributed by atoms with Crippen LogP contribution in [0.5, 0.6) is 0 Å². The summed E-state index contributed by atoms with van der Waals surface area (Å²) >= 11 is 0. The van der Waals surface area contributed by atoms with Gasteiger partial charge in [0.2, 0.25) is 0 Å². The minimum absolute atomic E-state index is 0.0186. The van der Waals surface area contributed by atoms with Crippen LogP contribution in [0.1, 0.15) is 59.0 Å². The molecule has 2 aromatic carbocycles. The maximum Gasteiger partial charge on any atom is 0.0554 e. The summed E-state index contributed by atoms with van der Waals surface area (Å²) in [5.74, 6) is 0.765. The average molecular weight is 265 g/mol. The highest BCUT2D eigenvalue weighted by atomic mass is 14.6. The Morgan fingerprint density at radius 2 is 1.80 bits per heavy atom. The van der Waals surface area contributed by atoms with Crippen LogP contribution in [0.15, 0.2) is 42.5 Å². The number of hydrogen-bond acceptors (Lipinski definition) is 1. The van der Waals surface area contributed by atoms with Crippen LogP contribution < -0.4 is 5.73 Å². The lowest BCUT2D eigenvalue weighted by molar-refractivity contribution is 0.419. The Labute approximate surface area is 121 Å². The van der Waals surface area contributed by atoms with Crippen molar-refractivity contribution in [3.8, 4) is 0 Å². The molecule has 2 aromatic rings. The first kappa shape index (κ1) is 13.4. The zero-order valence-corrected chi connectivity index (χ0v) is 12.4. The van der Waals surface area contributed by atoms with Gasteiger partial charge in [-0.15, -0.1) is 0 Å². The second kappa shape index (κ2) is 5.41. The summed E-state index contributed by atoms with van der Waals surface area (Å²) < 4.78 is 0. The van der Waals surface area contributed by atoms with E-state index in [0.717, 1.165) is 5.92 Å². The zero-order valence-electron chi connectivity index (χ0n) is 12.4. The molecule has 1 unspecified atom stereocenters. The smallest absolute Gasteiger partial charge is 0.0554 e. The van der Waals surface area contributed by atoms with E-state index in [9.17, 15) is 0 Å². The molecule has 1 heteroatoms. The van der Waals surface area contributed by atoms with Crippen LogP contribution in [0.4, 0.5) is 0 Å². The molecule has 1 aliphatic rings.